The van der Waals surface area contributed by atoms with E-state index in [9.17, 15) is 4.79 Å². The molecule has 0 aromatic heterocycles. The van der Waals surface area contributed by atoms with Crippen LogP contribution in [0, 0.1) is 20.8 Å². The highest BCUT2D eigenvalue weighted by Crippen LogP contribution is 2.16. The molecule has 0 spiro atoms. The van der Waals surface area contributed by atoms with Crippen molar-refractivity contribution in [3.8, 4) is 11.5 Å². The predicted octanol–water partition coefficient (Wildman–Crippen LogP) is 3.96. The predicted molar refractivity (Wildman–Crippen MR) is 100 cm³/mol. The Labute approximate surface area is 150 Å². The minimum absolute atomic E-state index is 0.119. The summed E-state index contributed by atoms with van der Waals surface area (Å²) in [5.74, 6) is 1.41. The molecule has 1 amide bonds. The monoisotopic (exact) mass is 341 g/mol. The number of rotatable bonds is 8. The zero-order valence-corrected chi connectivity index (χ0v) is 15.5. The summed E-state index contributed by atoms with van der Waals surface area (Å²) in [7, 11) is 0. The van der Waals surface area contributed by atoms with Gasteiger partial charge in [-0.3, -0.25) is 4.79 Å². The van der Waals surface area contributed by atoms with E-state index in [1.807, 2.05) is 56.3 Å². The lowest BCUT2D eigenvalue weighted by Crippen LogP contribution is -2.39. The molecule has 2 rings (SSSR count). The van der Waals surface area contributed by atoms with Crippen molar-refractivity contribution >= 4 is 5.91 Å². The van der Waals surface area contributed by atoms with Crippen molar-refractivity contribution in [3.05, 3.63) is 59.2 Å². The molecule has 4 heteroatoms. The number of hydrogen-bond donors (Lipinski definition) is 1. The van der Waals surface area contributed by atoms with Gasteiger partial charge in [-0.15, -0.1) is 0 Å². The molecular formula is C21H27NO3. The molecule has 0 saturated carbocycles. The molecule has 2 aromatic carbocycles. The maximum absolute atomic E-state index is 12.3. The number of amides is 1. The van der Waals surface area contributed by atoms with Gasteiger partial charge in [0.2, 0.25) is 0 Å². The molecule has 4 nitrogen and oxygen atoms in total. The molecule has 2 aromatic rings. The molecule has 0 aliphatic carbocycles. The first-order chi connectivity index (χ1) is 12.0. The van der Waals surface area contributed by atoms with E-state index in [0.29, 0.717) is 25.3 Å². The van der Waals surface area contributed by atoms with Crippen LogP contribution in [0.25, 0.3) is 0 Å². The summed E-state index contributed by atoms with van der Waals surface area (Å²) in [6.45, 7) is 8.94. The van der Waals surface area contributed by atoms with Gasteiger partial charge in [0.25, 0.3) is 5.91 Å². The number of ether oxygens (including phenoxy) is 2. The van der Waals surface area contributed by atoms with E-state index in [4.69, 9.17) is 9.47 Å². The minimum Gasteiger partial charge on any atom is -0.492 e. The lowest BCUT2D eigenvalue weighted by atomic mass is 10.1. The van der Waals surface area contributed by atoms with Crippen LogP contribution in [0.4, 0.5) is 0 Å². The average Bonchev–Trinajstić information content (AvgIpc) is 2.61. The fourth-order valence-corrected chi connectivity index (χ4v) is 2.36. The number of benzene rings is 2. The zero-order valence-electron chi connectivity index (χ0n) is 15.5. The normalized spacial score (nSPS) is 11.7. The quantitative estimate of drug-likeness (QED) is 0.739. The fraction of sp³-hybridized carbons (Fsp3) is 0.381. The van der Waals surface area contributed by atoms with Gasteiger partial charge in [0.15, 0.2) is 6.10 Å². The lowest BCUT2D eigenvalue weighted by Gasteiger charge is -2.17. The van der Waals surface area contributed by atoms with Gasteiger partial charge in [0.1, 0.15) is 18.1 Å². The Kier molecular flexibility index (Phi) is 6.87. The summed E-state index contributed by atoms with van der Waals surface area (Å²) < 4.78 is 11.5. The SMILES string of the molecule is CC[C@H](Oc1ccc(C)cc1)C(=O)NCCOc1ccc(C)c(C)c1. The first-order valence-electron chi connectivity index (χ1n) is 8.70. The van der Waals surface area contributed by atoms with Crippen LogP contribution in [0.1, 0.15) is 30.0 Å². The van der Waals surface area contributed by atoms with Gasteiger partial charge in [-0.25, -0.2) is 0 Å². The van der Waals surface area contributed by atoms with Crippen LogP contribution in [-0.4, -0.2) is 25.2 Å². The first kappa shape index (κ1) is 18.8. The molecule has 1 atom stereocenters. The molecule has 134 valence electrons. The van der Waals surface area contributed by atoms with E-state index in [2.05, 4.69) is 19.2 Å². The van der Waals surface area contributed by atoms with E-state index in [1.165, 1.54) is 11.1 Å². The van der Waals surface area contributed by atoms with Crippen LogP contribution >= 0.6 is 0 Å². The summed E-state index contributed by atoms with van der Waals surface area (Å²) in [6, 6.07) is 13.7. The average molecular weight is 341 g/mol. The van der Waals surface area contributed by atoms with Crippen molar-refractivity contribution in [2.24, 2.45) is 0 Å². The molecule has 25 heavy (non-hydrogen) atoms. The molecule has 0 unspecified atom stereocenters. The Morgan fingerprint density at radius 1 is 1.00 bits per heavy atom. The second-order valence-corrected chi connectivity index (χ2v) is 6.21. The molecule has 0 heterocycles. The summed E-state index contributed by atoms with van der Waals surface area (Å²) in [5.41, 5.74) is 3.59. The standard InChI is InChI=1S/C21H27NO3/c1-5-20(25-18-9-6-15(2)7-10-18)21(23)22-12-13-24-19-11-8-16(3)17(4)14-19/h6-11,14,20H,5,12-13H2,1-4H3,(H,22,23)/t20-/m0/s1. The number of carbonyl (C=O) groups excluding carboxylic acids is 1. The Morgan fingerprint density at radius 3 is 2.32 bits per heavy atom. The van der Waals surface area contributed by atoms with E-state index in [0.717, 1.165) is 11.3 Å². The minimum atomic E-state index is -0.496. The van der Waals surface area contributed by atoms with Crippen molar-refractivity contribution in [2.45, 2.75) is 40.2 Å². The van der Waals surface area contributed by atoms with Gasteiger partial charge < -0.3 is 14.8 Å². The molecule has 0 bridgehead atoms. The van der Waals surface area contributed by atoms with E-state index in [1.54, 1.807) is 0 Å². The molecule has 0 fully saturated rings. The number of nitrogens with one attached hydrogen (secondary N) is 1. The van der Waals surface area contributed by atoms with Crippen molar-refractivity contribution in [2.75, 3.05) is 13.2 Å². The third kappa shape index (κ3) is 5.82. The Balaban J connectivity index is 1.77. The van der Waals surface area contributed by atoms with Gasteiger partial charge in [0, 0.05) is 0 Å². The summed E-state index contributed by atoms with van der Waals surface area (Å²) in [5, 5.41) is 2.87. The Bertz CT molecular complexity index is 695. The van der Waals surface area contributed by atoms with E-state index >= 15 is 0 Å². The lowest BCUT2D eigenvalue weighted by molar-refractivity contribution is -0.128. The largest absolute Gasteiger partial charge is 0.492 e. The van der Waals surface area contributed by atoms with E-state index < -0.39 is 6.10 Å². The summed E-state index contributed by atoms with van der Waals surface area (Å²) in [4.78, 5) is 12.3. The van der Waals surface area contributed by atoms with Crippen molar-refractivity contribution < 1.29 is 14.3 Å². The highest BCUT2D eigenvalue weighted by molar-refractivity contribution is 5.81. The Morgan fingerprint density at radius 2 is 1.68 bits per heavy atom. The number of aryl methyl sites for hydroxylation is 3. The highest BCUT2D eigenvalue weighted by Gasteiger charge is 2.17. The third-order valence-electron chi connectivity index (χ3n) is 4.11. The second kappa shape index (κ2) is 9.11. The number of carbonyl (C=O) groups is 1. The van der Waals surface area contributed by atoms with Crippen LogP contribution < -0.4 is 14.8 Å². The van der Waals surface area contributed by atoms with E-state index in [-0.39, 0.29) is 5.91 Å². The molecule has 0 radical (unpaired) electrons. The molecule has 1 N–H and O–H groups in total. The molecular weight excluding hydrogens is 314 g/mol. The van der Waals surface area contributed by atoms with Crippen LogP contribution in [0.15, 0.2) is 42.5 Å². The van der Waals surface area contributed by atoms with Gasteiger partial charge in [0.05, 0.1) is 6.54 Å². The van der Waals surface area contributed by atoms with Gasteiger partial charge in [-0.1, -0.05) is 30.7 Å². The number of hydrogen-bond acceptors (Lipinski definition) is 3. The van der Waals surface area contributed by atoms with Crippen LogP contribution in [0.3, 0.4) is 0 Å². The summed E-state index contributed by atoms with van der Waals surface area (Å²) >= 11 is 0. The zero-order chi connectivity index (χ0) is 18.2. The van der Waals surface area contributed by atoms with Gasteiger partial charge >= 0.3 is 0 Å². The highest BCUT2D eigenvalue weighted by atomic mass is 16.5. The van der Waals surface area contributed by atoms with Crippen molar-refractivity contribution in [3.63, 3.8) is 0 Å². The fourth-order valence-electron chi connectivity index (χ4n) is 2.36. The van der Waals surface area contributed by atoms with Crippen LogP contribution in [0.5, 0.6) is 11.5 Å². The van der Waals surface area contributed by atoms with Crippen LogP contribution in [0.2, 0.25) is 0 Å². The van der Waals surface area contributed by atoms with Crippen molar-refractivity contribution in [1.82, 2.24) is 5.32 Å². The first-order valence-corrected chi connectivity index (χ1v) is 8.70. The smallest absolute Gasteiger partial charge is 0.261 e. The maximum Gasteiger partial charge on any atom is 0.261 e. The second-order valence-electron chi connectivity index (χ2n) is 6.21. The summed E-state index contributed by atoms with van der Waals surface area (Å²) in [6.07, 6.45) is 0.113. The third-order valence-corrected chi connectivity index (χ3v) is 4.11. The molecule has 0 aliphatic heterocycles. The van der Waals surface area contributed by atoms with Gasteiger partial charge in [-0.05, 0) is 62.6 Å². The van der Waals surface area contributed by atoms with Crippen molar-refractivity contribution in [1.29, 1.82) is 0 Å². The van der Waals surface area contributed by atoms with Crippen LogP contribution in [-0.2, 0) is 4.79 Å². The maximum atomic E-state index is 12.3. The topological polar surface area (TPSA) is 47.6 Å². The molecule has 0 saturated heterocycles. The Hall–Kier alpha value is -2.49. The molecule has 0 aliphatic rings. The van der Waals surface area contributed by atoms with Gasteiger partial charge in [-0.2, -0.15) is 0 Å².